The molecule has 21 heavy (non-hydrogen) atoms. The Hall–Kier alpha value is -2.69. The monoisotopic (exact) mass is 284 g/mol. The molecule has 0 amide bonds. The smallest absolute Gasteiger partial charge is 0.258 e. The predicted molar refractivity (Wildman–Crippen MR) is 77.8 cm³/mol. The van der Waals surface area contributed by atoms with Crippen molar-refractivity contribution in [2.75, 3.05) is 0 Å². The van der Waals surface area contributed by atoms with Crippen LogP contribution >= 0.6 is 0 Å². The van der Waals surface area contributed by atoms with Crippen molar-refractivity contribution in [2.24, 2.45) is 0 Å². The average Bonchev–Trinajstić information content (AvgIpc) is 2.49. The van der Waals surface area contributed by atoms with Crippen LogP contribution in [0.4, 0.5) is 4.39 Å². The Bertz CT molecular complexity index is 858. The van der Waals surface area contributed by atoms with Crippen molar-refractivity contribution in [2.45, 2.75) is 13.5 Å². The highest BCUT2D eigenvalue weighted by molar-refractivity contribution is 5.77. The fourth-order valence-electron chi connectivity index (χ4n) is 2.06. The van der Waals surface area contributed by atoms with Crippen LogP contribution in [0.5, 0.6) is 5.75 Å². The number of para-hydroxylation sites is 1. The highest BCUT2D eigenvalue weighted by Crippen LogP contribution is 2.17. The molecular weight excluding hydrogens is 271 g/mol. The molecule has 0 radical (unpaired) electrons. The van der Waals surface area contributed by atoms with Crippen LogP contribution in [0.3, 0.4) is 0 Å². The van der Waals surface area contributed by atoms with E-state index < -0.39 is 0 Å². The molecule has 0 saturated carbocycles. The van der Waals surface area contributed by atoms with E-state index >= 15 is 0 Å². The van der Waals surface area contributed by atoms with E-state index in [-0.39, 0.29) is 18.0 Å². The van der Waals surface area contributed by atoms with Crippen LogP contribution in [-0.2, 0) is 6.61 Å². The molecule has 0 atom stereocenters. The Morgan fingerprint density at radius 1 is 1.24 bits per heavy atom. The van der Waals surface area contributed by atoms with Gasteiger partial charge in [-0.05, 0) is 42.8 Å². The zero-order valence-corrected chi connectivity index (χ0v) is 11.4. The van der Waals surface area contributed by atoms with Crippen molar-refractivity contribution in [3.63, 3.8) is 0 Å². The summed E-state index contributed by atoms with van der Waals surface area (Å²) in [6.07, 6.45) is 0. The second-order valence-corrected chi connectivity index (χ2v) is 4.73. The highest BCUT2D eigenvalue weighted by atomic mass is 19.1. The molecule has 0 spiro atoms. The van der Waals surface area contributed by atoms with Crippen molar-refractivity contribution in [3.05, 3.63) is 70.0 Å². The molecule has 1 heterocycles. The van der Waals surface area contributed by atoms with E-state index in [1.54, 1.807) is 37.3 Å². The second-order valence-electron chi connectivity index (χ2n) is 4.73. The van der Waals surface area contributed by atoms with Crippen molar-refractivity contribution >= 4 is 10.9 Å². The van der Waals surface area contributed by atoms with E-state index in [1.165, 1.54) is 6.07 Å². The molecule has 1 aromatic heterocycles. The summed E-state index contributed by atoms with van der Waals surface area (Å²) in [5, 5.41) is 0.541. The van der Waals surface area contributed by atoms with Crippen LogP contribution in [0, 0.1) is 12.7 Å². The van der Waals surface area contributed by atoms with Crippen LogP contribution in [0.15, 0.2) is 47.3 Å². The molecule has 0 saturated heterocycles. The van der Waals surface area contributed by atoms with Gasteiger partial charge in [0.15, 0.2) is 0 Å². The Balaban J connectivity index is 1.85. The molecule has 2 aromatic carbocycles. The molecule has 0 unspecified atom stereocenters. The number of aromatic nitrogens is 2. The first-order valence-electron chi connectivity index (χ1n) is 6.50. The van der Waals surface area contributed by atoms with E-state index in [9.17, 15) is 9.18 Å². The molecule has 1 N–H and O–H groups in total. The largest absolute Gasteiger partial charge is 0.486 e. The summed E-state index contributed by atoms with van der Waals surface area (Å²) in [7, 11) is 0. The normalized spacial score (nSPS) is 10.8. The summed E-state index contributed by atoms with van der Waals surface area (Å²) < 4.78 is 18.7. The third-order valence-corrected chi connectivity index (χ3v) is 3.17. The van der Waals surface area contributed by atoms with Gasteiger partial charge in [-0.2, -0.15) is 0 Å². The molecular formula is C16H13FN2O2. The van der Waals surface area contributed by atoms with Gasteiger partial charge >= 0.3 is 0 Å². The lowest BCUT2D eigenvalue weighted by atomic mass is 10.2. The number of aromatic amines is 1. The summed E-state index contributed by atoms with van der Waals surface area (Å²) in [6, 6.07) is 11.6. The fourth-order valence-corrected chi connectivity index (χ4v) is 2.06. The molecule has 0 aliphatic carbocycles. The van der Waals surface area contributed by atoms with Crippen LogP contribution in [0.25, 0.3) is 10.9 Å². The summed E-state index contributed by atoms with van der Waals surface area (Å²) in [5.41, 5.74) is 0.928. The van der Waals surface area contributed by atoms with Gasteiger partial charge in [0.25, 0.3) is 5.56 Å². The standard InChI is InChI=1S/C16H13FN2O2/c1-10-8-11(6-7-13(10)17)21-9-15-18-14-5-3-2-4-12(14)16(20)19-15/h2-8H,9H2,1H3,(H,18,19,20). The van der Waals surface area contributed by atoms with Crippen LogP contribution < -0.4 is 10.3 Å². The van der Waals surface area contributed by atoms with E-state index in [0.717, 1.165) is 0 Å². The predicted octanol–water partition coefficient (Wildman–Crippen LogP) is 2.95. The topological polar surface area (TPSA) is 55.0 Å². The van der Waals surface area contributed by atoms with Gasteiger partial charge in [0.1, 0.15) is 24.0 Å². The maximum absolute atomic E-state index is 13.2. The van der Waals surface area contributed by atoms with Crippen LogP contribution in [-0.4, -0.2) is 9.97 Å². The number of hydrogen-bond donors (Lipinski definition) is 1. The number of ether oxygens (including phenoxy) is 1. The van der Waals surface area contributed by atoms with Gasteiger partial charge < -0.3 is 9.72 Å². The lowest BCUT2D eigenvalue weighted by molar-refractivity contribution is 0.295. The zero-order chi connectivity index (χ0) is 14.8. The molecule has 3 aromatic rings. The van der Waals surface area contributed by atoms with Gasteiger partial charge in [0.2, 0.25) is 0 Å². The number of nitrogens with one attached hydrogen (secondary N) is 1. The Morgan fingerprint density at radius 2 is 2.05 bits per heavy atom. The van der Waals surface area contributed by atoms with Crippen LogP contribution in [0.1, 0.15) is 11.4 Å². The van der Waals surface area contributed by atoms with Crippen LogP contribution in [0.2, 0.25) is 0 Å². The quantitative estimate of drug-likeness (QED) is 0.804. The SMILES string of the molecule is Cc1cc(OCc2nc3ccccc3c(=O)[nH]2)ccc1F. The minimum absolute atomic E-state index is 0.116. The van der Waals surface area contributed by atoms with E-state index in [4.69, 9.17) is 4.74 Å². The lowest BCUT2D eigenvalue weighted by Crippen LogP contribution is -2.13. The molecule has 5 heteroatoms. The molecule has 0 fully saturated rings. The fraction of sp³-hybridized carbons (Fsp3) is 0.125. The minimum Gasteiger partial charge on any atom is -0.486 e. The number of hydrogen-bond acceptors (Lipinski definition) is 3. The van der Waals surface area contributed by atoms with Gasteiger partial charge in [0, 0.05) is 0 Å². The molecule has 0 aliphatic rings. The van der Waals surface area contributed by atoms with Crippen molar-refractivity contribution < 1.29 is 9.13 Å². The Labute approximate surface area is 120 Å². The van der Waals surface area contributed by atoms with Gasteiger partial charge in [0.05, 0.1) is 10.9 Å². The maximum Gasteiger partial charge on any atom is 0.258 e. The molecule has 0 bridgehead atoms. The number of nitrogens with zero attached hydrogens (tertiary/aromatic N) is 1. The second kappa shape index (κ2) is 5.36. The average molecular weight is 284 g/mol. The molecule has 4 nitrogen and oxygen atoms in total. The molecule has 106 valence electrons. The summed E-state index contributed by atoms with van der Waals surface area (Å²) in [6.45, 7) is 1.78. The summed E-state index contributed by atoms with van der Waals surface area (Å²) in [5.74, 6) is 0.685. The third kappa shape index (κ3) is 2.76. The van der Waals surface area contributed by atoms with Gasteiger partial charge in [-0.15, -0.1) is 0 Å². The molecule has 3 rings (SSSR count). The number of rotatable bonds is 3. The first-order chi connectivity index (χ1) is 10.1. The summed E-state index contributed by atoms with van der Waals surface area (Å²) in [4.78, 5) is 18.9. The number of aryl methyl sites for hydroxylation is 1. The molecule has 0 aliphatic heterocycles. The minimum atomic E-state index is -0.278. The summed E-state index contributed by atoms with van der Waals surface area (Å²) >= 11 is 0. The first kappa shape index (κ1) is 13.3. The Kier molecular flexibility index (Phi) is 3.39. The zero-order valence-electron chi connectivity index (χ0n) is 11.4. The number of fused-ring (bicyclic) bond motifs is 1. The lowest BCUT2D eigenvalue weighted by Gasteiger charge is -2.07. The number of benzene rings is 2. The van der Waals surface area contributed by atoms with E-state index in [0.29, 0.717) is 28.0 Å². The van der Waals surface area contributed by atoms with Crippen molar-refractivity contribution in [3.8, 4) is 5.75 Å². The first-order valence-corrected chi connectivity index (χ1v) is 6.50. The highest BCUT2D eigenvalue weighted by Gasteiger charge is 2.05. The third-order valence-electron chi connectivity index (χ3n) is 3.17. The van der Waals surface area contributed by atoms with Crippen molar-refractivity contribution in [1.82, 2.24) is 9.97 Å². The van der Waals surface area contributed by atoms with Gasteiger partial charge in [-0.3, -0.25) is 4.79 Å². The number of H-pyrrole nitrogens is 1. The number of halogens is 1. The van der Waals surface area contributed by atoms with Gasteiger partial charge in [-0.1, -0.05) is 12.1 Å². The van der Waals surface area contributed by atoms with E-state index in [1.807, 2.05) is 6.07 Å². The van der Waals surface area contributed by atoms with Gasteiger partial charge in [-0.25, -0.2) is 9.37 Å². The maximum atomic E-state index is 13.2. The Morgan fingerprint density at radius 3 is 2.86 bits per heavy atom. The van der Waals surface area contributed by atoms with E-state index in [2.05, 4.69) is 9.97 Å². The van der Waals surface area contributed by atoms with Crippen molar-refractivity contribution in [1.29, 1.82) is 0 Å².